The van der Waals surface area contributed by atoms with Crippen molar-refractivity contribution >= 4 is 21.6 Å². The number of halogens is 1. The van der Waals surface area contributed by atoms with Crippen LogP contribution in [0.1, 0.15) is 25.8 Å². The molecule has 0 saturated heterocycles. The van der Waals surface area contributed by atoms with Crippen LogP contribution in [-0.2, 0) is 4.74 Å². The molecule has 0 aliphatic rings. The predicted molar refractivity (Wildman–Crippen MR) is 77.8 cm³/mol. The highest BCUT2D eigenvalue weighted by atomic mass is 79.9. The van der Waals surface area contributed by atoms with Gasteiger partial charge in [-0.3, -0.25) is 0 Å². The molecule has 18 heavy (non-hydrogen) atoms. The molecule has 1 unspecified atom stereocenters. The van der Waals surface area contributed by atoms with E-state index < -0.39 is 0 Å². The fourth-order valence-electron chi connectivity index (χ4n) is 1.83. The zero-order chi connectivity index (χ0) is 13.5. The van der Waals surface area contributed by atoms with Crippen molar-refractivity contribution in [3.63, 3.8) is 0 Å². The Labute approximate surface area is 117 Å². The minimum Gasteiger partial charge on any atom is -0.383 e. The van der Waals surface area contributed by atoms with Gasteiger partial charge in [0.25, 0.3) is 0 Å². The second-order valence-electron chi connectivity index (χ2n) is 4.22. The first-order chi connectivity index (χ1) is 8.63. The molecule has 1 aromatic rings. The SMILES string of the molecule is CCC(C)N(CCOC)c1cc(Br)ccc1C#N. The van der Waals surface area contributed by atoms with E-state index in [0.29, 0.717) is 18.2 Å². The van der Waals surface area contributed by atoms with E-state index in [0.717, 1.165) is 23.1 Å². The van der Waals surface area contributed by atoms with Gasteiger partial charge in [-0.15, -0.1) is 0 Å². The van der Waals surface area contributed by atoms with Crippen LogP contribution >= 0.6 is 15.9 Å². The molecule has 0 aliphatic carbocycles. The second kappa shape index (κ2) is 7.40. The quantitative estimate of drug-likeness (QED) is 0.806. The van der Waals surface area contributed by atoms with E-state index in [1.807, 2.05) is 18.2 Å². The van der Waals surface area contributed by atoms with Crippen molar-refractivity contribution in [1.29, 1.82) is 5.26 Å². The summed E-state index contributed by atoms with van der Waals surface area (Å²) in [4.78, 5) is 2.23. The Balaban J connectivity index is 3.11. The Hall–Kier alpha value is -1.05. The monoisotopic (exact) mass is 310 g/mol. The van der Waals surface area contributed by atoms with Crippen molar-refractivity contribution in [2.75, 3.05) is 25.2 Å². The molecule has 0 spiro atoms. The Morgan fingerprint density at radius 2 is 2.22 bits per heavy atom. The van der Waals surface area contributed by atoms with Gasteiger partial charge in [0.2, 0.25) is 0 Å². The van der Waals surface area contributed by atoms with Crippen molar-refractivity contribution in [2.45, 2.75) is 26.3 Å². The number of rotatable bonds is 6. The van der Waals surface area contributed by atoms with Crippen molar-refractivity contribution < 1.29 is 4.74 Å². The largest absolute Gasteiger partial charge is 0.383 e. The van der Waals surface area contributed by atoms with Crippen molar-refractivity contribution in [3.05, 3.63) is 28.2 Å². The summed E-state index contributed by atoms with van der Waals surface area (Å²) < 4.78 is 6.14. The van der Waals surface area contributed by atoms with Gasteiger partial charge < -0.3 is 9.64 Å². The molecule has 1 atom stereocenters. The molecular formula is C14H19BrN2O. The smallest absolute Gasteiger partial charge is 0.101 e. The average Bonchev–Trinajstić information content (AvgIpc) is 2.39. The molecule has 0 fully saturated rings. The molecule has 4 heteroatoms. The number of hydrogen-bond donors (Lipinski definition) is 0. The number of ether oxygens (including phenoxy) is 1. The van der Waals surface area contributed by atoms with E-state index in [1.165, 1.54) is 0 Å². The molecule has 0 amide bonds. The lowest BCUT2D eigenvalue weighted by molar-refractivity contribution is 0.203. The fourth-order valence-corrected chi connectivity index (χ4v) is 2.17. The van der Waals surface area contributed by atoms with Crippen LogP contribution in [0.15, 0.2) is 22.7 Å². The van der Waals surface area contributed by atoms with E-state index in [2.05, 4.69) is 40.7 Å². The van der Waals surface area contributed by atoms with Gasteiger partial charge in [-0.25, -0.2) is 0 Å². The van der Waals surface area contributed by atoms with Gasteiger partial charge in [-0.05, 0) is 31.5 Å². The second-order valence-corrected chi connectivity index (χ2v) is 5.13. The van der Waals surface area contributed by atoms with Gasteiger partial charge in [-0.2, -0.15) is 5.26 Å². The molecular weight excluding hydrogens is 292 g/mol. The molecule has 1 rings (SSSR count). The number of nitrogens with zero attached hydrogens (tertiary/aromatic N) is 2. The van der Waals surface area contributed by atoms with Gasteiger partial charge in [0.15, 0.2) is 0 Å². The Bertz CT molecular complexity index is 428. The third-order valence-corrected chi connectivity index (χ3v) is 3.54. The summed E-state index contributed by atoms with van der Waals surface area (Å²) in [7, 11) is 1.70. The van der Waals surface area contributed by atoms with Crippen LogP contribution in [0.3, 0.4) is 0 Å². The minimum atomic E-state index is 0.376. The van der Waals surface area contributed by atoms with Gasteiger partial charge in [0, 0.05) is 24.2 Å². The molecule has 0 bridgehead atoms. The van der Waals surface area contributed by atoms with Crippen LogP contribution < -0.4 is 4.90 Å². The highest BCUT2D eigenvalue weighted by molar-refractivity contribution is 9.10. The maximum atomic E-state index is 9.21. The van der Waals surface area contributed by atoms with E-state index in [1.54, 1.807) is 7.11 Å². The molecule has 0 aromatic heterocycles. The molecule has 0 heterocycles. The molecule has 0 aliphatic heterocycles. The number of benzene rings is 1. The first kappa shape index (κ1) is 15.0. The van der Waals surface area contributed by atoms with Crippen LogP contribution in [0.2, 0.25) is 0 Å². The van der Waals surface area contributed by atoms with Crippen molar-refractivity contribution in [3.8, 4) is 6.07 Å². The number of methoxy groups -OCH3 is 1. The van der Waals surface area contributed by atoms with Crippen molar-refractivity contribution in [2.24, 2.45) is 0 Å². The van der Waals surface area contributed by atoms with Crippen LogP contribution in [0.25, 0.3) is 0 Å². The summed E-state index contributed by atoms with van der Waals surface area (Å²) in [5.41, 5.74) is 1.67. The molecule has 3 nitrogen and oxygen atoms in total. The summed E-state index contributed by atoms with van der Waals surface area (Å²) >= 11 is 3.47. The van der Waals surface area contributed by atoms with E-state index in [4.69, 9.17) is 4.74 Å². The number of anilines is 1. The Morgan fingerprint density at radius 3 is 2.78 bits per heavy atom. The van der Waals surface area contributed by atoms with Crippen LogP contribution in [0.5, 0.6) is 0 Å². The van der Waals surface area contributed by atoms with Crippen LogP contribution in [-0.4, -0.2) is 26.3 Å². The van der Waals surface area contributed by atoms with E-state index in [9.17, 15) is 5.26 Å². The average molecular weight is 311 g/mol. The van der Waals surface area contributed by atoms with Gasteiger partial charge in [0.1, 0.15) is 6.07 Å². The molecule has 0 saturated carbocycles. The summed E-state index contributed by atoms with van der Waals surface area (Å²) in [5.74, 6) is 0. The highest BCUT2D eigenvalue weighted by Gasteiger charge is 2.16. The third-order valence-electron chi connectivity index (χ3n) is 3.05. The van der Waals surface area contributed by atoms with Gasteiger partial charge >= 0.3 is 0 Å². The van der Waals surface area contributed by atoms with Gasteiger partial charge in [0.05, 0.1) is 17.9 Å². The summed E-state index contributed by atoms with van der Waals surface area (Å²) in [6.45, 7) is 5.75. The molecule has 0 N–H and O–H groups in total. The predicted octanol–water partition coefficient (Wildman–Crippen LogP) is 3.57. The maximum absolute atomic E-state index is 9.21. The first-order valence-electron chi connectivity index (χ1n) is 6.09. The molecule has 1 aromatic carbocycles. The summed E-state index contributed by atoms with van der Waals surface area (Å²) in [5, 5.41) is 9.21. The highest BCUT2D eigenvalue weighted by Crippen LogP contribution is 2.27. The van der Waals surface area contributed by atoms with Crippen molar-refractivity contribution in [1.82, 2.24) is 0 Å². The van der Waals surface area contributed by atoms with Gasteiger partial charge in [-0.1, -0.05) is 22.9 Å². The summed E-state index contributed by atoms with van der Waals surface area (Å²) in [6, 6.07) is 8.38. The number of hydrogen-bond acceptors (Lipinski definition) is 3. The maximum Gasteiger partial charge on any atom is 0.101 e. The molecule has 98 valence electrons. The first-order valence-corrected chi connectivity index (χ1v) is 6.88. The van der Waals surface area contributed by atoms with E-state index >= 15 is 0 Å². The van der Waals surface area contributed by atoms with E-state index in [-0.39, 0.29) is 0 Å². The standard InChI is InChI=1S/C14H19BrN2O/c1-4-11(2)17(7-8-18-3)14-9-13(15)6-5-12(14)10-16/h5-6,9,11H,4,7-8H2,1-3H3. The zero-order valence-electron chi connectivity index (χ0n) is 11.1. The van der Waals surface area contributed by atoms with Crippen LogP contribution in [0, 0.1) is 11.3 Å². The third kappa shape index (κ3) is 3.72. The molecule has 0 radical (unpaired) electrons. The minimum absolute atomic E-state index is 0.376. The topological polar surface area (TPSA) is 36.3 Å². The lowest BCUT2D eigenvalue weighted by Crippen LogP contribution is -2.36. The number of nitriles is 1. The summed E-state index contributed by atoms with van der Waals surface area (Å²) in [6.07, 6.45) is 1.03. The normalized spacial score (nSPS) is 11.9. The zero-order valence-corrected chi connectivity index (χ0v) is 12.7. The Kier molecular flexibility index (Phi) is 6.17. The fraction of sp³-hybridized carbons (Fsp3) is 0.500. The Morgan fingerprint density at radius 1 is 1.50 bits per heavy atom. The van der Waals surface area contributed by atoms with Crippen LogP contribution in [0.4, 0.5) is 5.69 Å². The lowest BCUT2D eigenvalue weighted by Gasteiger charge is -2.31. The lowest BCUT2D eigenvalue weighted by atomic mass is 10.1.